The summed E-state index contributed by atoms with van der Waals surface area (Å²) in [5, 5.41) is 1.56. The molecular weight excluding hydrogens is 298 g/mol. The van der Waals surface area contributed by atoms with Crippen molar-refractivity contribution in [3.63, 3.8) is 0 Å². The Balaban J connectivity index is 2.20. The van der Waals surface area contributed by atoms with E-state index in [-0.39, 0.29) is 4.90 Å². The molecule has 0 aromatic heterocycles. The van der Waals surface area contributed by atoms with Gasteiger partial charge in [-0.2, -0.15) is 0 Å². The minimum absolute atomic E-state index is 0.159. The molecule has 1 fully saturated rings. The maximum absolute atomic E-state index is 11.7. The number of rotatable bonds is 2. The number of hydrogen-bond donors (Lipinski definition) is 0. The first-order valence-corrected chi connectivity index (χ1v) is 8.67. The molecule has 1 aliphatic heterocycles. The van der Waals surface area contributed by atoms with Gasteiger partial charge in [0.25, 0.3) is 9.05 Å². The van der Waals surface area contributed by atoms with Crippen LogP contribution in [-0.4, -0.2) is 34.7 Å². The van der Waals surface area contributed by atoms with Gasteiger partial charge in [0.2, 0.25) is 0 Å². The van der Waals surface area contributed by atoms with E-state index in [1.807, 2.05) is 18.2 Å². The van der Waals surface area contributed by atoms with Gasteiger partial charge in [-0.1, -0.05) is 24.3 Å². The summed E-state index contributed by atoms with van der Waals surface area (Å²) in [6.45, 7) is 2.97. The predicted octanol–water partition coefficient (Wildman–Crippen LogP) is 2.60. The van der Waals surface area contributed by atoms with Crippen molar-refractivity contribution in [2.45, 2.75) is 4.90 Å². The molecule has 0 N–H and O–H groups in total. The summed E-state index contributed by atoms with van der Waals surface area (Å²) >= 11 is 0. The van der Waals surface area contributed by atoms with Gasteiger partial charge < -0.3 is 9.64 Å². The van der Waals surface area contributed by atoms with Crippen molar-refractivity contribution >= 4 is 36.2 Å². The van der Waals surface area contributed by atoms with Crippen LogP contribution in [0.1, 0.15) is 0 Å². The maximum Gasteiger partial charge on any atom is 0.261 e. The summed E-state index contributed by atoms with van der Waals surface area (Å²) < 4.78 is 28.7. The van der Waals surface area contributed by atoms with Gasteiger partial charge in [0.1, 0.15) is 0 Å². The number of anilines is 1. The van der Waals surface area contributed by atoms with Gasteiger partial charge >= 0.3 is 0 Å². The predicted molar refractivity (Wildman–Crippen MR) is 80.0 cm³/mol. The summed E-state index contributed by atoms with van der Waals surface area (Å²) in [7, 11) is 1.77. The molecule has 3 rings (SSSR count). The van der Waals surface area contributed by atoms with Gasteiger partial charge in [-0.25, -0.2) is 8.42 Å². The Labute approximate surface area is 122 Å². The molecule has 20 heavy (non-hydrogen) atoms. The van der Waals surface area contributed by atoms with E-state index in [0.29, 0.717) is 18.6 Å². The molecule has 1 saturated heterocycles. The van der Waals surface area contributed by atoms with Crippen LogP contribution in [0.4, 0.5) is 5.69 Å². The topological polar surface area (TPSA) is 46.6 Å². The van der Waals surface area contributed by atoms with E-state index >= 15 is 0 Å². The van der Waals surface area contributed by atoms with Crippen molar-refractivity contribution < 1.29 is 13.2 Å². The van der Waals surface area contributed by atoms with Crippen LogP contribution in [0.25, 0.3) is 10.8 Å². The highest BCUT2D eigenvalue weighted by Crippen LogP contribution is 2.32. The summed E-state index contributed by atoms with van der Waals surface area (Å²) in [5.41, 5.74) is 1.02. The Hall–Kier alpha value is -1.30. The van der Waals surface area contributed by atoms with Crippen LogP contribution in [0, 0.1) is 0 Å². The van der Waals surface area contributed by atoms with E-state index in [1.165, 1.54) is 6.07 Å². The number of halogens is 1. The lowest BCUT2D eigenvalue weighted by Gasteiger charge is -2.30. The van der Waals surface area contributed by atoms with Crippen LogP contribution in [0.5, 0.6) is 0 Å². The quantitative estimate of drug-likeness (QED) is 0.800. The fraction of sp³-hybridized carbons (Fsp3) is 0.286. The Bertz CT molecular complexity index is 739. The molecule has 0 spiro atoms. The molecule has 1 aliphatic rings. The van der Waals surface area contributed by atoms with Gasteiger partial charge in [-0.05, 0) is 12.1 Å². The molecule has 4 nitrogen and oxygen atoms in total. The summed E-state index contributed by atoms with van der Waals surface area (Å²) in [5.74, 6) is 0. The smallest absolute Gasteiger partial charge is 0.261 e. The van der Waals surface area contributed by atoms with Crippen molar-refractivity contribution in [1.82, 2.24) is 0 Å². The highest BCUT2D eigenvalue weighted by Gasteiger charge is 2.18. The Morgan fingerprint density at radius 3 is 2.35 bits per heavy atom. The molecule has 0 unspecified atom stereocenters. The van der Waals surface area contributed by atoms with Gasteiger partial charge in [-0.15, -0.1) is 0 Å². The van der Waals surface area contributed by atoms with E-state index < -0.39 is 9.05 Å². The third kappa shape index (κ3) is 2.49. The molecule has 0 saturated carbocycles. The molecule has 0 radical (unpaired) electrons. The first-order chi connectivity index (χ1) is 9.57. The zero-order valence-corrected chi connectivity index (χ0v) is 12.3. The van der Waals surface area contributed by atoms with Crippen molar-refractivity contribution in [1.29, 1.82) is 0 Å². The van der Waals surface area contributed by atoms with Crippen LogP contribution in [0.3, 0.4) is 0 Å². The SMILES string of the molecule is O=S(=O)(Cl)c1cccc2c(N3CCOCC3)cccc12. The van der Waals surface area contributed by atoms with Gasteiger partial charge in [0.05, 0.1) is 18.1 Å². The van der Waals surface area contributed by atoms with E-state index in [2.05, 4.69) is 4.90 Å². The van der Waals surface area contributed by atoms with Crippen molar-refractivity contribution in [3.05, 3.63) is 36.4 Å². The normalized spacial score (nSPS) is 16.6. The van der Waals surface area contributed by atoms with Gasteiger partial charge in [0.15, 0.2) is 0 Å². The molecule has 0 atom stereocenters. The fourth-order valence-electron chi connectivity index (χ4n) is 2.56. The van der Waals surface area contributed by atoms with Crippen molar-refractivity contribution in [2.24, 2.45) is 0 Å². The van der Waals surface area contributed by atoms with E-state index in [9.17, 15) is 8.42 Å². The summed E-state index contributed by atoms with van der Waals surface area (Å²) in [4.78, 5) is 2.36. The van der Waals surface area contributed by atoms with Crippen LogP contribution >= 0.6 is 10.7 Å². The molecule has 0 bridgehead atoms. The highest BCUT2D eigenvalue weighted by atomic mass is 35.7. The van der Waals surface area contributed by atoms with Crippen molar-refractivity contribution in [3.8, 4) is 0 Å². The Morgan fingerprint density at radius 2 is 1.65 bits per heavy atom. The van der Waals surface area contributed by atoms with Gasteiger partial charge in [-0.3, -0.25) is 0 Å². The third-order valence-electron chi connectivity index (χ3n) is 3.47. The molecule has 0 aliphatic carbocycles. The number of ether oxygens (including phenoxy) is 1. The second-order valence-electron chi connectivity index (χ2n) is 4.67. The molecule has 6 heteroatoms. The lowest BCUT2D eigenvalue weighted by atomic mass is 10.1. The Kier molecular flexibility index (Phi) is 3.58. The largest absolute Gasteiger partial charge is 0.378 e. The number of hydrogen-bond acceptors (Lipinski definition) is 4. The fourth-order valence-corrected chi connectivity index (χ4v) is 3.64. The monoisotopic (exact) mass is 311 g/mol. The molecule has 2 aromatic carbocycles. The average Bonchev–Trinajstić information content (AvgIpc) is 2.46. The lowest BCUT2D eigenvalue weighted by Crippen LogP contribution is -2.36. The second-order valence-corrected chi connectivity index (χ2v) is 7.20. The zero-order valence-electron chi connectivity index (χ0n) is 10.8. The molecule has 2 aromatic rings. The van der Waals surface area contributed by atoms with Crippen molar-refractivity contribution in [2.75, 3.05) is 31.2 Å². The van der Waals surface area contributed by atoms with Crippen LogP contribution in [0.15, 0.2) is 41.3 Å². The van der Waals surface area contributed by atoms with E-state index in [4.69, 9.17) is 15.4 Å². The zero-order chi connectivity index (χ0) is 14.2. The van der Waals surface area contributed by atoms with Crippen LogP contribution in [0.2, 0.25) is 0 Å². The summed E-state index contributed by atoms with van der Waals surface area (Å²) in [6.07, 6.45) is 0. The average molecular weight is 312 g/mol. The number of nitrogens with zero attached hydrogens (tertiary/aromatic N) is 1. The maximum atomic E-state index is 11.7. The second kappa shape index (κ2) is 5.24. The minimum Gasteiger partial charge on any atom is -0.378 e. The highest BCUT2D eigenvalue weighted by molar-refractivity contribution is 8.14. The third-order valence-corrected chi connectivity index (χ3v) is 4.85. The first-order valence-electron chi connectivity index (χ1n) is 6.36. The number of benzene rings is 2. The van der Waals surface area contributed by atoms with Crippen LogP contribution in [-0.2, 0) is 13.8 Å². The first kappa shape index (κ1) is 13.7. The van der Waals surface area contributed by atoms with E-state index in [0.717, 1.165) is 24.2 Å². The summed E-state index contributed by atoms with van der Waals surface area (Å²) in [6, 6.07) is 10.8. The molecule has 0 amide bonds. The number of morpholine rings is 1. The van der Waals surface area contributed by atoms with Gasteiger partial charge in [0, 0.05) is 40.2 Å². The standard InChI is InChI=1S/C14H14ClNO3S/c15-20(17,18)14-6-2-3-11-12(14)4-1-5-13(11)16-7-9-19-10-8-16/h1-6H,7-10H2. The Morgan fingerprint density at radius 1 is 1.00 bits per heavy atom. The number of fused-ring (bicyclic) bond motifs is 1. The molecule has 106 valence electrons. The minimum atomic E-state index is -3.75. The molecular formula is C14H14ClNO3S. The molecule has 1 heterocycles. The lowest BCUT2D eigenvalue weighted by molar-refractivity contribution is 0.123. The van der Waals surface area contributed by atoms with Crippen LogP contribution < -0.4 is 4.90 Å². The van der Waals surface area contributed by atoms with E-state index in [1.54, 1.807) is 12.1 Å².